The van der Waals surface area contributed by atoms with E-state index in [0.717, 1.165) is 12.7 Å². The zero-order valence-corrected chi connectivity index (χ0v) is 15.0. The van der Waals surface area contributed by atoms with E-state index >= 15 is 0 Å². The van der Waals surface area contributed by atoms with Crippen molar-refractivity contribution in [3.8, 4) is 0 Å². The molecule has 2 amide bonds. The second-order valence-corrected chi connectivity index (χ2v) is 7.93. The quantitative estimate of drug-likeness (QED) is 0.691. The molecule has 132 valence electrons. The fraction of sp³-hybridized carbons (Fsp3) is 0.467. The fourth-order valence-corrected chi connectivity index (χ4v) is 3.65. The first kappa shape index (κ1) is 18.5. The summed E-state index contributed by atoms with van der Waals surface area (Å²) >= 11 is 5.92. The van der Waals surface area contributed by atoms with Gasteiger partial charge in [0.25, 0.3) is 0 Å². The van der Waals surface area contributed by atoms with Gasteiger partial charge in [-0.15, -0.1) is 0 Å². The number of hydrogen-bond donors (Lipinski definition) is 0. The molecule has 0 radical (unpaired) electrons. The highest BCUT2D eigenvalue weighted by Gasteiger charge is 2.23. The lowest BCUT2D eigenvalue weighted by Gasteiger charge is -2.33. The van der Waals surface area contributed by atoms with Crippen LogP contribution in [0.1, 0.15) is 6.42 Å². The van der Waals surface area contributed by atoms with Gasteiger partial charge in [0.15, 0.2) is 0 Å². The third-order valence-corrected chi connectivity index (χ3v) is 5.27. The Hall–Kier alpha value is -1.80. The number of amides is 2. The lowest BCUT2D eigenvalue weighted by molar-refractivity contribution is -0.134. The number of carbonyl (C=O) groups is 2. The van der Waals surface area contributed by atoms with Crippen LogP contribution in [0, 0.1) is 0 Å². The van der Waals surface area contributed by atoms with Crippen molar-refractivity contribution < 1.29 is 18.0 Å². The van der Waals surface area contributed by atoms with Crippen LogP contribution in [-0.2, 0) is 19.6 Å². The maximum atomic E-state index is 12.3. The maximum Gasteiger partial charge on any atom is 0.232 e. The summed E-state index contributed by atoms with van der Waals surface area (Å²) in [5.41, 5.74) is 0.434. The lowest BCUT2D eigenvalue weighted by Crippen LogP contribution is -2.48. The van der Waals surface area contributed by atoms with Crippen molar-refractivity contribution in [3.05, 3.63) is 29.3 Å². The minimum Gasteiger partial charge on any atom is -0.342 e. The summed E-state index contributed by atoms with van der Waals surface area (Å²) in [6.45, 7) is 1.98. The number of sulfonamides is 1. The zero-order valence-electron chi connectivity index (χ0n) is 13.4. The monoisotopic (exact) mass is 373 g/mol. The highest BCUT2D eigenvalue weighted by atomic mass is 35.5. The summed E-state index contributed by atoms with van der Waals surface area (Å²) < 4.78 is 25.2. The van der Waals surface area contributed by atoms with Crippen LogP contribution < -0.4 is 4.31 Å². The Morgan fingerprint density at radius 3 is 2.50 bits per heavy atom. The molecule has 1 aliphatic heterocycles. The number of benzene rings is 1. The molecular weight excluding hydrogens is 354 g/mol. The smallest absolute Gasteiger partial charge is 0.232 e. The van der Waals surface area contributed by atoms with E-state index in [1.807, 2.05) is 0 Å². The van der Waals surface area contributed by atoms with Crippen LogP contribution >= 0.6 is 11.6 Å². The lowest BCUT2D eigenvalue weighted by atomic mass is 10.2. The molecule has 24 heavy (non-hydrogen) atoms. The summed E-state index contributed by atoms with van der Waals surface area (Å²) in [5, 5.41) is 0.428. The zero-order chi connectivity index (χ0) is 17.7. The molecule has 9 heteroatoms. The van der Waals surface area contributed by atoms with Crippen LogP contribution in [0.15, 0.2) is 24.3 Å². The summed E-state index contributed by atoms with van der Waals surface area (Å²) in [5.74, 6) is -0.128. The van der Waals surface area contributed by atoms with Gasteiger partial charge in [0.1, 0.15) is 0 Å². The molecule has 1 aliphatic rings. The SMILES string of the molecule is CS(=O)(=O)N(CCC(=O)N1CCN(C=O)CC1)c1cccc(Cl)c1. The molecule has 1 aromatic rings. The van der Waals surface area contributed by atoms with E-state index in [0.29, 0.717) is 36.9 Å². The Morgan fingerprint density at radius 2 is 1.96 bits per heavy atom. The van der Waals surface area contributed by atoms with Crippen molar-refractivity contribution in [2.24, 2.45) is 0 Å². The van der Waals surface area contributed by atoms with E-state index in [1.54, 1.807) is 34.1 Å². The molecule has 1 saturated heterocycles. The largest absolute Gasteiger partial charge is 0.342 e. The molecule has 0 N–H and O–H groups in total. The predicted molar refractivity (Wildman–Crippen MR) is 92.5 cm³/mol. The van der Waals surface area contributed by atoms with Gasteiger partial charge >= 0.3 is 0 Å². The van der Waals surface area contributed by atoms with E-state index in [1.165, 1.54) is 4.31 Å². The van der Waals surface area contributed by atoms with E-state index in [4.69, 9.17) is 11.6 Å². The Balaban J connectivity index is 2.01. The van der Waals surface area contributed by atoms with E-state index in [2.05, 4.69) is 0 Å². The highest BCUT2D eigenvalue weighted by Crippen LogP contribution is 2.22. The van der Waals surface area contributed by atoms with Crippen LogP contribution in [0.4, 0.5) is 5.69 Å². The second-order valence-electron chi connectivity index (χ2n) is 5.59. The summed E-state index contributed by atoms with van der Waals surface area (Å²) in [6, 6.07) is 6.51. The number of piperazine rings is 1. The van der Waals surface area contributed by atoms with Gasteiger partial charge in [-0.2, -0.15) is 0 Å². The van der Waals surface area contributed by atoms with Gasteiger partial charge in [-0.1, -0.05) is 17.7 Å². The number of carbonyl (C=O) groups excluding carboxylic acids is 2. The Labute approximate surface area is 146 Å². The van der Waals surface area contributed by atoms with Crippen molar-refractivity contribution in [1.82, 2.24) is 9.80 Å². The molecule has 1 aromatic carbocycles. The van der Waals surface area contributed by atoms with Crippen molar-refractivity contribution in [2.75, 3.05) is 43.3 Å². The number of halogens is 1. The molecule has 2 rings (SSSR count). The molecule has 7 nitrogen and oxygen atoms in total. The number of rotatable bonds is 6. The first-order valence-electron chi connectivity index (χ1n) is 7.51. The van der Waals surface area contributed by atoms with Crippen molar-refractivity contribution in [2.45, 2.75) is 6.42 Å². The Bertz CT molecular complexity index is 702. The van der Waals surface area contributed by atoms with Crippen LogP contribution in [0.5, 0.6) is 0 Å². The minimum atomic E-state index is -3.52. The molecule has 0 bridgehead atoms. The minimum absolute atomic E-state index is 0.0475. The molecule has 0 unspecified atom stereocenters. The normalized spacial score (nSPS) is 15.2. The second kappa shape index (κ2) is 7.85. The topological polar surface area (TPSA) is 78.0 Å². The molecule has 0 aromatic heterocycles. The van der Waals surface area contributed by atoms with Crippen molar-refractivity contribution in [1.29, 1.82) is 0 Å². The first-order chi connectivity index (χ1) is 11.3. The van der Waals surface area contributed by atoms with Gasteiger partial charge in [-0.25, -0.2) is 8.42 Å². The summed E-state index contributed by atoms with van der Waals surface area (Å²) in [4.78, 5) is 26.2. The molecule has 0 aliphatic carbocycles. The Kier molecular flexibility index (Phi) is 6.06. The fourth-order valence-electron chi connectivity index (χ4n) is 2.55. The predicted octanol–water partition coefficient (Wildman–Crippen LogP) is 0.797. The maximum absolute atomic E-state index is 12.3. The third kappa shape index (κ3) is 4.85. The van der Waals surface area contributed by atoms with Crippen LogP contribution in [0.2, 0.25) is 5.02 Å². The third-order valence-electron chi connectivity index (χ3n) is 3.84. The van der Waals surface area contributed by atoms with E-state index < -0.39 is 10.0 Å². The van der Waals surface area contributed by atoms with Gasteiger partial charge in [0.05, 0.1) is 11.9 Å². The van der Waals surface area contributed by atoms with Crippen molar-refractivity contribution >= 4 is 39.6 Å². The van der Waals surface area contributed by atoms with Gasteiger partial charge in [0, 0.05) is 44.2 Å². The van der Waals surface area contributed by atoms with Gasteiger partial charge < -0.3 is 9.80 Å². The summed E-state index contributed by atoms with van der Waals surface area (Å²) in [7, 11) is -3.52. The number of hydrogen-bond acceptors (Lipinski definition) is 4. The number of anilines is 1. The summed E-state index contributed by atoms with van der Waals surface area (Å²) in [6.07, 6.45) is 1.94. The van der Waals surface area contributed by atoms with E-state index in [9.17, 15) is 18.0 Å². The molecule has 0 spiro atoms. The average molecular weight is 374 g/mol. The molecule has 0 saturated carbocycles. The molecule has 1 fully saturated rings. The molecule has 0 atom stereocenters. The van der Waals surface area contributed by atoms with Gasteiger partial charge in [-0.3, -0.25) is 13.9 Å². The van der Waals surface area contributed by atoms with Gasteiger partial charge in [-0.05, 0) is 18.2 Å². The van der Waals surface area contributed by atoms with E-state index in [-0.39, 0.29) is 18.9 Å². The van der Waals surface area contributed by atoms with Crippen LogP contribution in [0.25, 0.3) is 0 Å². The number of nitrogens with zero attached hydrogens (tertiary/aromatic N) is 3. The van der Waals surface area contributed by atoms with Crippen LogP contribution in [-0.4, -0.2) is 69.5 Å². The van der Waals surface area contributed by atoms with Crippen molar-refractivity contribution in [3.63, 3.8) is 0 Å². The van der Waals surface area contributed by atoms with Crippen LogP contribution in [0.3, 0.4) is 0 Å². The molecular formula is C15H20ClN3O4S. The average Bonchev–Trinajstić information content (AvgIpc) is 2.54. The Morgan fingerprint density at radius 1 is 1.29 bits per heavy atom. The highest BCUT2D eigenvalue weighted by molar-refractivity contribution is 7.92. The van der Waals surface area contributed by atoms with Gasteiger partial charge in [0.2, 0.25) is 22.3 Å². The standard InChI is InChI=1S/C15H20ClN3O4S/c1-24(22,23)19(14-4-2-3-13(16)11-14)6-5-15(21)18-9-7-17(12-20)8-10-18/h2-4,11-12H,5-10H2,1H3. The molecule has 1 heterocycles. The first-order valence-corrected chi connectivity index (χ1v) is 9.74.